The minimum atomic E-state index is -0.00931. The van der Waals surface area contributed by atoms with E-state index in [-0.39, 0.29) is 4.83 Å². The smallest absolute Gasteiger partial charge is 0.124 e. The molecular weight excluding hydrogens is 348 g/mol. The molecule has 0 saturated carbocycles. The third-order valence-corrected chi connectivity index (χ3v) is 4.00. The molecule has 0 spiro atoms. The fraction of sp³-hybridized carbons (Fsp3) is 0.231. The highest BCUT2D eigenvalue weighted by atomic mass is 79.9. The summed E-state index contributed by atoms with van der Waals surface area (Å²) in [6.45, 7) is 2.03. The molecule has 1 aromatic carbocycles. The molecule has 0 radical (unpaired) electrons. The van der Waals surface area contributed by atoms with E-state index in [1.54, 1.807) is 13.4 Å². The van der Waals surface area contributed by atoms with E-state index < -0.39 is 0 Å². The predicted octanol–water partition coefficient (Wildman–Crippen LogP) is 4.84. The number of hydrogen-bond acceptors (Lipinski definition) is 2. The maximum absolute atomic E-state index is 5.50. The van der Waals surface area contributed by atoms with Crippen molar-refractivity contribution in [2.75, 3.05) is 7.11 Å². The summed E-state index contributed by atoms with van der Waals surface area (Å²) in [6.07, 6.45) is 1.70. The van der Waals surface area contributed by atoms with E-state index in [1.807, 2.05) is 31.2 Å². The molecule has 0 aliphatic carbocycles. The third-order valence-electron chi connectivity index (χ3n) is 2.60. The summed E-state index contributed by atoms with van der Waals surface area (Å²) < 4.78 is 11.9. The van der Waals surface area contributed by atoms with E-state index in [4.69, 9.17) is 9.15 Å². The van der Waals surface area contributed by atoms with E-state index in [0.717, 1.165) is 27.1 Å². The van der Waals surface area contributed by atoms with E-state index in [2.05, 4.69) is 31.9 Å². The number of methoxy groups -OCH3 is 1. The van der Waals surface area contributed by atoms with Crippen LogP contribution in [-0.4, -0.2) is 7.11 Å². The van der Waals surface area contributed by atoms with Crippen LogP contribution in [0.1, 0.15) is 21.7 Å². The Morgan fingerprint density at radius 3 is 2.65 bits per heavy atom. The Labute approximate surface area is 117 Å². The molecule has 0 N–H and O–H groups in total. The monoisotopic (exact) mass is 358 g/mol. The van der Waals surface area contributed by atoms with Crippen LogP contribution < -0.4 is 4.74 Å². The average molecular weight is 360 g/mol. The van der Waals surface area contributed by atoms with Crippen LogP contribution in [0.4, 0.5) is 0 Å². The first kappa shape index (κ1) is 12.7. The second-order valence-corrected chi connectivity index (χ2v) is 5.55. The first-order valence-corrected chi connectivity index (χ1v) is 6.86. The number of benzene rings is 1. The normalized spacial score (nSPS) is 12.5. The largest absolute Gasteiger partial charge is 0.496 e. The van der Waals surface area contributed by atoms with Crippen LogP contribution in [0.15, 0.2) is 39.4 Å². The summed E-state index contributed by atoms with van der Waals surface area (Å²) >= 11 is 7.12. The van der Waals surface area contributed by atoms with Gasteiger partial charge in [-0.25, -0.2) is 0 Å². The Morgan fingerprint density at radius 1 is 1.29 bits per heavy atom. The summed E-state index contributed by atoms with van der Waals surface area (Å²) in [6, 6.07) is 7.87. The number of ether oxygens (including phenoxy) is 1. The number of aryl methyl sites for hydroxylation is 1. The van der Waals surface area contributed by atoms with E-state index >= 15 is 0 Å². The van der Waals surface area contributed by atoms with Gasteiger partial charge in [-0.2, -0.15) is 0 Å². The molecule has 17 heavy (non-hydrogen) atoms. The minimum Gasteiger partial charge on any atom is -0.496 e. The molecule has 2 rings (SSSR count). The Bertz CT molecular complexity index is 520. The van der Waals surface area contributed by atoms with Crippen LogP contribution in [0, 0.1) is 6.92 Å². The van der Waals surface area contributed by atoms with Crippen LogP contribution >= 0.6 is 31.9 Å². The zero-order valence-electron chi connectivity index (χ0n) is 9.54. The lowest BCUT2D eigenvalue weighted by molar-refractivity contribution is 0.408. The quantitative estimate of drug-likeness (QED) is 0.731. The van der Waals surface area contributed by atoms with Gasteiger partial charge in [0.05, 0.1) is 13.4 Å². The molecule has 4 heteroatoms. The van der Waals surface area contributed by atoms with Gasteiger partial charge in [-0.05, 0) is 36.8 Å². The van der Waals surface area contributed by atoms with Gasteiger partial charge in [0.2, 0.25) is 0 Å². The molecule has 0 bridgehead atoms. The second-order valence-electron chi connectivity index (χ2n) is 3.72. The molecule has 1 atom stereocenters. The summed E-state index contributed by atoms with van der Waals surface area (Å²) in [5, 5.41) is 0. The third kappa shape index (κ3) is 2.58. The number of rotatable bonds is 3. The zero-order valence-corrected chi connectivity index (χ0v) is 12.7. The van der Waals surface area contributed by atoms with Crippen LogP contribution in [0.25, 0.3) is 0 Å². The molecule has 1 aromatic heterocycles. The molecule has 0 fully saturated rings. The van der Waals surface area contributed by atoms with Crippen molar-refractivity contribution >= 4 is 31.9 Å². The zero-order chi connectivity index (χ0) is 12.4. The highest BCUT2D eigenvalue weighted by Gasteiger charge is 2.20. The van der Waals surface area contributed by atoms with Gasteiger partial charge < -0.3 is 9.15 Å². The molecule has 2 nitrogen and oxygen atoms in total. The van der Waals surface area contributed by atoms with Crippen LogP contribution in [0.5, 0.6) is 5.75 Å². The van der Waals surface area contributed by atoms with Crippen molar-refractivity contribution in [2.24, 2.45) is 0 Å². The molecule has 0 aliphatic rings. The summed E-state index contributed by atoms with van der Waals surface area (Å²) in [5.41, 5.74) is 2.16. The van der Waals surface area contributed by atoms with Crippen molar-refractivity contribution in [3.8, 4) is 5.75 Å². The molecule has 90 valence electrons. The lowest BCUT2D eigenvalue weighted by Crippen LogP contribution is -1.97. The van der Waals surface area contributed by atoms with Crippen molar-refractivity contribution in [1.82, 2.24) is 0 Å². The first-order chi connectivity index (χ1) is 8.13. The standard InChI is InChI=1S/C13H12Br2O2/c1-8-5-6-17-13(8)12(15)10-7-9(14)3-4-11(10)16-2/h3-7,12H,1-2H3. The van der Waals surface area contributed by atoms with E-state index in [1.165, 1.54) is 0 Å². The van der Waals surface area contributed by atoms with Gasteiger partial charge in [0.1, 0.15) is 16.3 Å². The molecule has 0 amide bonds. The van der Waals surface area contributed by atoms with Gasteiger partial charge in [-0.3, -0.25) is 0 Å². The second kappa shape index (κ2) is 5.27. The van der Waals surface area contributed by atoms with Gasteiger partial charge in [0, 0.05) is 10.0 Å². The van der Waals surface area contributed by atoms with Crippen molar-refractivity contribution in [3.63, 3.8) is 0 Å². The molecule has 2 aromatic rings. The van der Waals surface area contributed by atoms with Gasteiger partial charge in [-0.1, -0.05) is 31.9 Å². The summed E-state index contributed by atoms with van der Waals surface area (Å²) in [5.74, 6) is 1.74. The van der Waals surface area contributed by atoms with Gasteiger partial charge >= 0.3 is 0 Å². The average Bonchev–Trinajstić information content (AvgIpc) is 2.74. The fourth-order valence-corrected chi connectivity index (χ4v) is 2.89. The van der Waals surface area contributed by atoms with Gasteiger partial charge in [-0.15, -0.1) is 0 Å². The highest BCUT2D eigenvalue weighted by Crippen LogP contribution is 2.39. The molecular formula is C13H12Br2O2. The van der Waals surface area contributed by atoms with E-state index in [9.17, 15) is 0 Å². The highest BCUT2D eigenvalue weighted by molar-refractivity contribution is 9.10. The Hall–Kier alpha value is -0.740. The lowest BCUT2D eigenvalue weighted by atomic mass is 10.1. The van der Waals surface area contributed by atoms with Crippen molar-refractivity contribution in [3.05, 3.63) is 51.9 Å². The Balaban J connectivity index is 2.46. The minimum absolute atomic E-state index is 0.00931. The van der Waals surface area contributed by atoms with Crippen LogP contribution in [0.2, 0.25) is 0 Å². The topological polar surface area (TPSA) is 22.4 Å². The van der Waals surface area contributed by atoms with Crippen LogP contribution in [0.3, 0.4) is 0 Å². The maximum Gasteiger partial charge on any atom is 0.124 e. The summed E-state index contributed by atoms with van der Waals surface area (Å²) in [7, 11) is 1.67. The Kier molecular flexibility index (Phi) is 3.94. The number of alkyl halides is 1. The molecule has 1 heterocycles. The number of hydrogen-bond donors (Lipinski definition) is 0. The van der Waals surface area contributed by atoms with Crippen LogP contribution in [-0.2, 0) is 0 Å². The molecule has 0 aliphatic heterocycles. The van der Waals surface area contributed by atoms with Crippen molar-refractivity contribution in [2.45, 2.75) is 11.8 Å². The summed E-state index contributed by atoms with van der Waals surface area (Å²) in [4.78, 5) is -0.00931. The number of halogens is 2. The maximum atomic E-state index is 5.50. The first-order valence-electron chi connectivity index (χ1n) is 5.15. The molecule has 1 unspecified atom stereocenters. The predicted molar refractivity (Wildman–Crippen MR) is 74.9 cm³/mol. The Morgan fingerprint density at radius 2 is 2.06 bits per heavy atom. The van der Waals surface area contributed by atoms with Gasteiger partial charge in [0.15, 0.2) is 0 Å². The SMILES string of the molecule is COc1ccc(Br)cc1C(Br)c1occc1C. The van der Waals surface area contributed by atoms with Crippen molar-refractivity contribution < 1.29 is 9.15 Å². The van der Waals surface area contributed by atoms with Crippen molar-refractivity contribution in [1.29, 1.82) is 0 Å². The number of furan rings is 1. The lowest BCUT2D eigenvalue weighted by Gasteiger charge is -2.13. The molecule has 0 saturated heterocycles. The van der Waals surface area contributed by atoms with E-state index in [0.29, 0.717) is 0 Å². The van der Waals surface area contributed by atoms with Gasteiger partial charge in [0.25, 0.3) is 0 Å². The fourth-order valence-electron chi connectivity index (χ4n) is 1.69.